The quantitative estimate of drug-likeness (QED) is 0.519. The van der Waals surface area contributed by atoms with Crippen molar-refractivity contribution in [3.63, 3.8) is 0 Å². The molecule has 1 N–H and O–H groups in total. The number of aromatic nitrogens is 1. The molecule has 0 unspecified atom stereocenters. The highest BCUT2D eigenvalue weighted by Crippen LogP contribution is 2.41. The molecule has 3 rings (SSSR count). The van der Waals surface area contributed by atoms with Crippen molar-refractivity contribution in [2.45, 2.75) is 56.1 Å². The summed E-state index contributed by atoms with van der Waals surface area (Å²) in [5.41, 5.74) is 1.23. The number of para-hydroxylation sites is 1. The van der Waals surface area contributed by atoms with Crippen LogP contribution in [0.2, 0.25) is 0 Å². The van der Waals surface area contributed by atoms with Crippen LogP contribution in [0.4, 0.5) is 4.79 Å². The van der Waals surface area contributed by atoms with Gasteiger partial charge in [0.15, 0.2) is 5.78 Å². The number of Topliss-reactive ketones (excluding diaryl/α,β-unsaturated/α-hetero) is 1. The summed E-state index contributed by atoms with van der Waals surface area (Å²) in [5.74, 6) is -0.00327. The maximum atomic E-state index is 13.3. The van der Waals surface area contributed by atoms with Crippen LogP contribution >= 0.6 is 22.6 Å². The van der Waals surface area contributed by atoms with E-state index in [2.05, 4.69) is 33.6 Å². The lowest BCUT2D eigenvalue weighted by Crippen LogP contribution is -2.58. The first-order valence-corrected chi connectivity index (χ1v) is 10.1. The van der Waals surface area contributed by atoms with Crippen LogP contribution in [0.3, 0.4) is 0 Å². The Hall–Kier alpha value is -1.57. The summed E-state index contributed by atoms with van der Waals surface area (Å²) in [6.07, 6.45) is 0.242. The molecule has 1 aromatic carbocycles. The van der Waals surface area contributed by atoms with Gasteiger partial charge in [0, 0.05) is 17.4 Å². The number of ether oxygens (including phenoxy) is 1. The highest BCUT2D eigenvalue weighted by atomic mass is 127. The summed E-state index contributed by atoms with van der Waals surface area (Å²) in [5, 5.41) is 1.12. The van der Waals surface area contributed by atoms with Gasteiger partial charge in [-0.1, -0.05) is 40.8 Å². The Morgan fingerprint density at radius 2 is 1.96 bits per heavy atom. The van der Waals surface area contributed by atoms with E-state index in [0.717, 1.165) is 22.2 Å². The van der Waals surface area contributed by atoms with Crippen LogP contribution in [0, 0.1) is 0 Å². The third-order valence-corrected chi connectivity index (χ3v) is 5.45. The van der Waals surface area contributed by atoms with Gasteiger partial charge < -0.3 is 9.72 Å². The highest BCUT2D eigenvalue weighted by Gasteiger charge is 2.50. The Labute approximate surface area is 167 Å². The van der Waals surface area contributed by atoms with Crippen LogP contribution in [-0.4, -0.2) is 37.8 Å². The molecule has 1 aliphatic heterocycles. The summed E-state index contributed by atoms with van der Waals surface area (Å²) in [7, 11) is 0. The second-order valence-electron chi connectivity index (χ2n) is 7.96. The fourth-order valence-electron chi connectivity index (χ4n) is 3.69. The number of aromatic amines is 1. The van der Waals surface area contributed by atoms with E-state index < -0.39 is 17.2 Å². The summed E-state index contributed by atoms with van der Waals surface area (Å²) in [4.78, 5) is 31.2. The normalized spacial score (nSPS) is 21.4. The Kier molecular flexibility index (Phi) is 4.83. The maximum absolute atomic E-state index is 13.3. The number of fused-ring (bicyclic) bond motifs is 3. The van der Waals surface area contributed by atoms with E-state index in [0.29, 0.717) is 13.0 Å². The third kappa shape index (κ3) is 3.12. The first-order valence-electron chi connectivity index (χ1n) is 8.85. The predicted molar refractivity (Wildman–Crippen MR) is 111 cm³/mol. The minimum atomic E-state index is -1.07. The van der Waals surface area contributed by atoms with Crippen molar-refractivity contribution >= 4 is 45.4 Å². The summed E-state index contributed by atoms with van der Waals surface area (Å²) in [6.45, 7) is 9.66. The lowest BCUT2D eigenvalue weighted by Gasteiger charge is -2.44. The molecule has 2 heterocycles. The van der Waals surface area contributed by atoms with E-state index in [1.54, 1.807) is 4.90 Å². The number of benzene rings is 1. The minimum Gasteiger partial charge on any atom is -0.444 e. The number of H-pyrrole nitrogens is 1. The number of nitrogens with one attached hydrogen (secondary N) is 1. The average Bonchev–Trinajstić information content (AvgIpc) is 2.92. The molecule has 2 atom stereocenters. The second kappa shape index (κ2) is 6.55. The van der Waals surface area contributed by atoms with Gasteiger partial charge >= 0.3 is 6.09 Å². The highest BCUT2D eigenvalue weighted by molar-refractivity contribution is 14.1. The van der Waals surface area contributed by atoms with Gasteiger partial charge in [-0.05, 0) is 52.7 Å². The van der Waals surface area contributed by atoms with Gasteiger partial charge in [0.2, 0.25) is 0 Å². The van der Waals surface area contributed by atoms with Crippen LogP contribution in [-0.2, 0) is 21.5 Å². The molecule has 2 aromatic rings. The minimum absolute atomic E-state index is 0.00327. The molecule has 6 heteroatoms. The van der Waals surface area contributed by atoms with Crippen LogP contribution < -0.4 is 0 Å². The Bertz CT molecular complexity index is 866. The summed E-state index contributed by atoms with van der Waals surface area (Å²) >= 11 is 2.12. The van der Waals surface area contributed by atoms with E-state index in [9.17, 15) is 9.59 Å². The molecule has 140 valence electrons. The number of rotatable bonds is 2. The largest absolute Gasteiger partial charge is 0.444 e. The van der Waals surface area contributed by atoms with Gasteiger partial charge in [-0.15, -0.1) is 0 Å². The molecule has 1 aliphatic rings. The molecule has 0 saturated heterocycles. The van der Waals surface area contributed by atoms with Gasteiger partial charge in [-0.25, -0.2) is 4.79 Å². The Morgan fingerprint density at radius 1 is 1.31 bits per heavy atom. The molecule has 0 radical (unpaired) electrons. The number of carbonyl (C=O) groups excluding carboxylic acids is 2. The average molecular weight is 468 g/mol. The molecule has 1 aromatic heterocycles. The number of ketones is 1. The van der Waals surface area contributed by atoms with Crippen LogP contribution in [0.25, 0.3) is 10.9 Å². The lowest BCUT2D eigenvalue weighted by molar-refractivity contribution is -0.130. The van der Waals surface area contributed by atoms with E-state index in [-0.39, 0.29) is 9.71 Å². The van der Waals surface area contributed by atoms with Crippen LogP contribution in [0.1, 0.15) is 45.9 Å². The number of hydrogen-bond acceptors (Lipinski definition) is 3. The van der Waals surface area contributed by atoms with E-state index in [1.807, 2.05) is 52.8 Å². The fraction of sp³-hybridized carbons (Fsp3) is 0.500. The van der Waals surface area contributed by atoms with Crippen molar-refractivity contribution in [2.75, 3.05) is 6.54 Å². The van der Waals surface area contributed by atoms with Gasteiger partial charge in [0.25, 0.3) is 0 Å². The lowest BCUT2D eigenvalue weighted by atomic mass is 9.82. The summed E-state index contributed by atoms with van der Waals surface area (Å²) in [6, 6.07) is 8.03. The van der Waals surface area contributed by atoms with Crippen molar-refractivity contribution in [1.29, 1.82) is 0 Å². The van der Waals surface area contributed by atoms with Crippen LogP contribution in [0.15, 0.2) is 24.3 Å². The molecular weight excluding hydrogens is 443 g/mol. The molecule has 26 heavy (non-hydrogen) atoms. The zero-order chi connectivity index (χ0) is 19.3. The van der Waals surface area contributed by atoms with Crippen LogP contribution in [0.5, 0.6) is 0 Å². The number of carbonyl (C=O) groups is 2. The van der Waals surface area contributed by atoms with Crippen molar-refractivity contribution < 1.29 is 14.3 Å². The molecular formula is C20H25IN2O3. The standard InChI is InChI=1S/C20H25IN2O3/c1-12(21)17(24)20(5)16-14(13-8-6-7-9-15(13)22-16)10-11-23(20)18(25)26-19(2,3)4/h6-9,12,22H,10-11H2,1-5H3/t12-,20+/m1/s1. The summed E-state index contributed by atoms with van der Waals surface area (Å²) < 4.78 is 5.37. The van der Waals surface area contributed by atoms with Gasteiger partial charge in [-0.3, -0.25) is 9.69 Å². The number of amides is 1. The van der Waals surface area contributed by atoms with Crippen molar-refractivity contribution in [2.24, 2.45) is 0 Å². The first kappa shape index (κ1) is 19.2. The zero-order valence-corrected chi connectivity index (χ0v) is 18.0. The Morgan fingerprint density at radius 3 is 2.58 bits per heavy atom. The fourth-order valence-corrected chi connectivity index (χ4v) is 4.30. The molecule has 1 amide bonds. The third-order valence-electron chi connectivity index (χ3n) is 4.88. The molecule has 0 spiro atoms. The smallest absolute Gasteiger partial charge is 0.411 e. The molecule has 0 aliphatic carbocycles. The second-order valence-corrected chi connectivity index (χ2v) is 9.83. The van der Waals surface area contributed by atoms with E-state index in [1.165, 1.54) is 0 Å². The first-order chi connectivity index (χ1) is 12.1. The number of halogens is 1. The number of alkyl halides is 1. The molecule has 0 bridgehead atoms. The van der Waals surface area contributed by atoms with Gasteiger partial charge in [0.05, 0.1) is 9.62 Å². The predicted octanol–water partition coefficient (Wildman–Crippen LogP) is 4.57. The zero-order valence-electron chi connectivity index (χ0n) is 15.9. The topological polar surface area (TPSA) is 62.4 Å². The number of hydrogen-bond donors (Lipinski definition) is 1. The molecule has 0 saturated carbocycles. The van der Waals surface area contributed by atoms with Gasteiger partial charge in [0.1, 0.15) is 11.1 Å². The van der Waals surface area contributed by atoms with Crippen molar-refractivity contribution in [3.05, 3.63) is 35.5 Å². The SMILES string of the molecule is C[C@@H](I)C(=O)[C@]1(C)c2[nH]c3ccccc3c2CCN1C(=O)OC(C)(C)C. The van der Waals surface area contributed by atoms with Crippen molar-refractivity contribution in [3.8, 4) is 0 Å². The molecule has 0 fully saturated rings. The van der Waals surface area contributed by atoms with Gasteiger partial charge in [-0.2, -0.15) is 0 Å². The molecule has 5 nitrogen and oxygen atoms in total. The van der Waals surface area contributed by atoms with E-state index in [4.69, 9.17) is 4.74 Å². The van der Waals surface area contributed by atoms with E-state index >= 15 is 0 Å². The monoisotopic (exact) mass is 468 g/mol. The number of nitrogens with zero attached hydrogens (tertiary/aromatic N) is 1. The van der Waals surface area contributed by atoms with Crippen molar-refractivity contribution in [1.82, 2.24) is 9.88 Å². The Balaban J connectivity index is 2.16. The maximum Gasteiger partial charge on any atom is 0.411 e.